The molecule has 0 fully saturated rings. The Kier molecular flexibility index (Phi) is 5.24. The van der Waals surface area contributed by atoms with E-state index < -0.39 is 0 Å². The van der Waals surface area contributed by atoms with E-state index >= 15 is 0 Å². The molecule has 0 bridgehead atoms. The number of nitrogens with one attached hydrogen (secondary N) is 2. The van der Waals surface area contributed by atoms with E-state index in [4.69, 9.17) is 11.6 Å². The third-order valence-corrected chi connectivity index (χ3v) is 3.76. The van der Waals surface area contributed by atoms with Crippen molar-refractivity contribution in [3.05, 3.63) is 77.2 Å². The first-order valence-corrected chi connectivity index (χ1v) is 8.16. The Morgan fingerprint density at radius 1 is 0.962 bits per heavy atom. The zero-order valence-electron chi connectivity index (χ0n) is 13.9. The summed E-state index contributed by atoms with van der Waals surface area (Å²) < 4.78 is 0. The first-order valence-electron chi connectivity index (χ1n) is 7.78. The molecule has 26 heavy (non-hydrogen) atoms. The van der Waals surface area contributed by atoms with Crippen LogP contribution in [-0.4, -0.2) is 21.7 Å². The van der Waals surface area contributed by atoms with Gasteiger partial charge in [0.1, 0.15) is 17.8 Å². The molecule has 6 nitrogen and oxygen atoms in total. The number of hydrogen-bond donors (Lipinski definition) is 2. The Balaban J connectivity index is 1.76. The van der Waals surface area contributed by atoms with Crippen LogP contribution in [0.1, 0.15) is 27.8 Å². The molecule has 0 radical (unpaired) electrons. The Labute approximate surface area is 155 Å². The molecular formula is C19H15ClN4O2. The molecule has 0 saturated heterocycles. The molecule has 3 aromatic rings. The summed E-state index contributed by atoms with van der Waals surface area (Å²) in [6.45, 7) is 1.50. The van der Waals surface area contributed by atoms with Crippen molar-refractivity contribution in [1.29, 1.82) is 0 Å². The van der Waals surface area contributed by atoms with Gasteiger partial charge < -0.3 is 10.6 Å². The highest BCUT2D eigenvalue weighted by Gasteiger charge is 2.10. The van der Waals surface area contributed by atoms with Crippen molar-refractivity contribution in [3.8, 4) is 0 Å². The van der Waals surface area contributed by atoms with Gasteiger partial charge in [-0.3, -0.25) is 9.59 Å². The van der Waals surface area contributed by atoms with Gasteiger partial charge >= 0.3 is 0 Å². The van der Waals surface area contributed by atoms with Crippen molar-refractivity contribution in [1.82, 2.24) is 9.97 Å². The van der Waals surface area contributed by atoms with Gasteiger partial charge in [0.15, 0.2) is 5.78 Å². The maximum Gasteiger partial charge on any atom is 0.274 e. The molecule has 0 saturated carbocycles. The summed E-state index contributed by atoms with van der Waals surface area (Å²) in [4.78, 5) is 31.9. The summed E-state index contributed by atoms with van der Waals surface area (Å²) >= 11 is 5.91. The van der Waals surface area contributed by atoms with Crippen molar-refractivity contribution < 1.29 is 9.59 Å². The fourth-order valence-electron chi connectivity index (χ4n) is 2.28. The van der Waals surface area contributed by atoms with Gasteiger partial charge in [-0.15, -0.1) is 0 Å². The number of aromatic nitrogens is 2. The maximum atomic E-state index is 12.4. The van der Waals surface area contributed by atoms with E-state index in [1.807, 2.05) is 0 Å². The number of amides is 1. The first kappa shape index (κ1) is 17.6. The normalized spacial score (nSPS) is 10.2. The third kappa shape index (κ3) is 4.43. The summed E-state index contributed by atoms with van der Waals surface area (Å²) in [6, 6.07) is 15.4. The highest BCUT2D eigenvalue weighted by molar-refractivity contribution is 6.30. The van der Waals surface area contributed by atoms with Crippen LogP contribution >= 0.6 is 11.6 Å². The summed E-state index contributed by atoms with van der Waals surface area (Å²) in [6.07, 6.45) is 1.30. The summed E-state index contributed by atoms with van der Waals surface area (Å²) in [5.41, 5.74) is 2.05. The molecule has 0 spiro atoms. The molecule has 0 unspecified atom stereocenters. The van der Waals surface area contributed by atoms with E-state index in [-0.39, 0.29) is 17.4 Å². The van der Waals surface area contributed by atoms with E-state index in [2.05, 4.69) is 20.6 Å². The Morgan fingerprint density at radius 3 is 2.50 bits per heavy atom. The zero-order chi connectivity index (χ0) is 18.5. The van der Waals surface area contributed by atoms with Gasteiger partial charge in [0.2, 0.25) is 0 Å². The van der Waals surface area contributed by atoms with Crippen LogP contribution in [0.5, 0.6) is 0 Å². The topological polar surface area (TPSA) is 84.0 Å². The molecule has 2 aromatic carbocycles. The third-order valence-electron chi connectivity index (χ3n) is 3.52. The summed E-state index contributed by atoms with van der Waals surface area (Å²) in [5, 5.41) is 6.32. The molecule has 0 aliphatic heterocycles. The van der Waals surface area contributed by atoms with Gasteiger partial charge in [0.05, 0.1) is 0 Å². The molecule has 1 amide bonds. The molecule has 3 rings (SSSR count). The minimum Gasteiger partial charge on any atom is -0.340 e. The molecule has 0 atom stereocenters. The van der Waals surface area contributed by atoms with Crippen molar-refractivity contribution in [2.75, 3.05) is 10.6 Å². The second-order valence-corrected chi connectivity index (χ2v) is 5.95. The number of carbonyl (C=O) groups is 2. The second kappa shape index (κ2) is 7.76. The van der Waals surface area contributed by atoms with Crippen LogP contribution in [-0.2, 0) is 0 Å². The fourth-order valence-corrected chi connectivity index (χ4v) is 2.47. The first-order chi connectivity index (χ1) is 12.5. The smallest absolute Gasteiger partial charge is 0.274 e. The number of benzene rings is 2. The number of nitrogens with zero attached hydrogens (tertiary/aromatic N) is 2. The quantitative estimate of drug-likeness (QED) is 0.656. The van der Waals surface area contributed by atoms with Gasteiger partial charge in [0, 0.05) is 28.0 Å². The zero-order valence-corrected chi connectivity index (χ0v) is 14.6. The molecule has 130 valence electrons. The Bertz CT molecular complexity index is 975. The van der Waals surface area contributed by atoms with E-state index in [1.54, 1.807) is 48.5 Å². The van der Waals surface area contributed by atoms with Crippen LogP contribution in [0.15, 0.2) is 60.9 Å². The van der Waals surface area contributed by atoms with Crippen LogP contribution in [0, 0.1) is 0 Å². The summed E-state index contributed by atoms with van der Waals surface area (Å²) in [7, 11) is 0. The van der Waals surface area contributed by atoms with E-state index in [0.29, 0.717) is 27.8 Å². The van der Waals surface area contributed by atoms with Gasteiger partial charge in [-0.2, -0.15) is 0 Å². The van der Waals surface area contributed by atoms with Gasteiger partial charge in [-0.25, -0.2) is 9.97 Å². The second-order valence-electron chi connectivity index (χ2n) is 5.51. The maximum absolute atomic E-state index is 12.4. The predicted molar refractivity (Wildman–Crippen MR) is 101 cm³/mol. The van der Waals surface area contributed by atoms with Crippen LogP contribution in [0.2, 0.25) is 5.02 Å². The average Bonchev–Trinajstić information content (AvgIpc) is 2.62. The van der Waals surface area contributed by atoms with Gasteiger partial charge in [0.25, 0.3) is 5.91 Å². The number of Topliss-reactive ketones (excluding diaryl/α,β-unsaturated/α-hetero) is 1. The lowest BCUT2D eigenvalue weighted by atomic mass is 10.1. The molecule has 0 aliphatic carbocycles. The van der Waals surface area contributed by atoms with Gasteiger partial charge in [-0.1, -0.05) is 29.8 Å². The number of ketones is 1. The molecular weight excluding hydrogens is 352 g/mol. The average molecular weight is 367 g/mol. The summed E-state index contributed by atoms with van der Waals surface area (Å²) in [5.74, 6) is 0.0325. The SMILES string of the molecule is CC(=O)c1cccc(Nc2cc(C(=O)Nc3cccc(Cl)c3)ncn2)c1. The van der Waals surface area contributed by atoms with E-state index in [0.717, 1.165) is 0 Å². The van der Waals surface area contributed by atoms with Crippen LogP contribution < -0.4 is 10.6 Å². The predicted octanol–water partition coefficient (Wildman–Crippen LogP) is 4.33. The lowest BCUT2D eigenvalue weighted by Gasteiger charge is -2.08. The standard InChI is InChI=1S/C19H15ClN4O2/c1-12(25)13-4-2-6-15(8-13)23-18-10-17(21-11-22-18)19(26)24-16-7-3-5-14(20)9-16/h2-11H,1H3,(H,24,26)(H,21,22,23). The van der Waals surface area contributed by atoms with Crippen LogP contribution in [0.4, 0.5) is 17.2 Å². The molecule has 7 heteroatoms. The largest absolute Gasteiger partial charge is 0.340 e. The van der Waals surface area contributed by atoms with Crippen LogP contribution in [0.25, 0.3) is 0 Å². The fraction of sp³-hybridized carbons (Fsp3) is 0.0526. The highest BCUT2D eigenvalue weighted by Crippen LogP contribution is 2.18. The van der Waals surface area contributed by atoms with Crippen LogP contribution in [0.3, 0.4) is 0 Å². The van der Waals surface area contributed by atoms with Crippen molar-refractivity contribution in [2.24, 2.45) is 0 Å². The number of hydrogen-bond acceptors (Lipinski definition) is 5. The Morgan fingerprint density at radius 2 is 1.73 bits per heavy atom. The number of rotatable bonds is 5. The number of anilines is 3. The number of carbonyl (C=O) groups excluding carboxylic acids is 2. The van der Waals surface area contributed by atoms with E-state index in [1.165, 1.54) is 19.3 Å². The minimum absolute atomic E-state index is 0.0297. The number of halogens is 1. The van der Waals surface area contributed by atoms with Gasteiger partial charge in [-0.05, 0) is 37.3 Å². The van der Waals surface area contributed by atoms with Crippen molar-refractivity contribution >= 4 is 40.5 Å². The molecule has 0 aliphatic rings. The monoisotopic (exact) mass is 366 g/mol. The lowest BCUT2D eigenvalue weighted by molar-refractivity contribution is 0.101. The molecule has 2 N–H and O–H groups in total. The highest BCUT2D eigenvalue weighted by atomic mass is 35.5. The lowest BCUT2D eigenvalue weighted by Crippen LogP contribution is -2.14. The Hall–Kier alpha value is -3.25. The van der Waals surface area contributed by atoms with Crippen molar-refractivity contribution in [2.45, 2.75) is 6.92 Å². The molecule has 1 aromatic heterocycles. The van der Waals surface area contributed by atoms with Crippen molar-refractivity contribution in [3.63, 3.8) is 0 Å². The van der Waals surface area contributed by atoms with E-state index in [9.17, 15) is 9.59 Å². The minimum atomic E-state index is -0.379. The molecule has 1 heterocycles.